The fourth-order valence-electron chi connectivity index (χ4n) is 1.61. The lowest BCUT2D eigenvalue weighted by Gasteiger charge is -2.12. The number of anilines is 3. The first-order valence-electron chi connectivity index (χ1n) is 6.47. The van der Waals surface area contributed by atoms with Gasteiger partial charge in [-0.25, -0.2) is 0 Å². The van der Waals surface area contributed by atoms with Gasteiger partial charge >= 0.3 is 6.18 Å². The van der Waals surface area contributed by atoms with E-state index < -0.39 is 11.7 Å². The summed E-state index contributed by atoms with van der Waals surface area (Å²) in [7, 11) is 0. The lowest BCUT2D eigenvalue weighted by molar-refractivity contribution is -0.137. The van der Waals surface area contributed by atoms with Crippen molar-refractivity contribution in [1.29, 1.82) is 0 Å². The molecule has 0 aliphatic carbocycles. The van der Waals surface area contributed by atoms with E-state index in [9.17, 15) is 13.2 Å². The molecular formula is C13H13ClF3N5. The van der Waals surface area contributed by atoms with E-state index >= 15 is 0 Å². The molecule has 0 bridgehead atoms. The Morgan fingerprint density at radius 3 is 2.73 bits per heavy atom. The number of benzene rings is 1. The summed E-state index contributed by atoms with van der Waals surface area (Å²) in [5.74, 6) is 0.532. The van der Waals surface area contributed by atoms with E-state index in [2.05, 4.69) is 25.8 Å². The van der Waals surface area contributed by atoms with Crippen LogP contribution >= 0.6 is 11.6 Å². The van der Waals surface area contributed by atoms with Crippen LogP contribution in [0.2, 0.25) is 5.02 Å². The summed E-state index contributed by atoms with van der Waals surface area (Å²) in [6, 6.07) is 3.02. The van der Waals surface area contributed by atoms with Gasteiger partial charge in [-0.05, 0) is 24.6 Å². The van der Waals surface area contributed by atoms with Gasteiger partial charge in [0.1, 0.15) is 0 Å². The predicted molar refractivity (Wildman–Crippen MR) is 78.3 cm³/mol. The highest BCUT2D eigenvalue weighted by molar-refractivity contribution is 6.33. The Hall–Kier alpha value is -2.09. The summed E-state index contributed by atoms with van der Waals surface area (Å²) >= 11 is 5.91. The second-order valence-electron chi connectivity index (χ2n) is 4.41. The van der Waals surface area contributed by atoms with Crippen molar-refractivity contribution in [3.05, 3.63) is 35.0 Å². The molecule has 1 aromatic carbocycles. The van der Waals surface area contributed by atoms with E-state index in [1.165, 1.54) is 12.3 Å². The molecule has 118 valence electrons. The molecular weight excluding hydrogens is 319 g/mol. The minimum atomic E-state index is -4.45. The molecule has 0 aliphatic heterocycles. The number of hydrogen-bond donors (Lipinski definition) is 2. The first-order chi connectivity index (χ1) is 10.4. The van der Waals surface area contributed by atoms with E-state index in [-0.39, 0.29) is 22.5 Å². The summed E-state index contributed by atoms with van der Waals surface area (Å²) in [5, 5.41) is 13.3. The van der Waals surface area contributed by atoms with Crippen LogP contribution in [0.4, 0.5) is 30.6 Å². The van der Waals surface area contributed by atoms with Gasteiger partial charge in [-0.1, -0.05) is 18.5 Å². The van der Waals surface area contributed by atoms with Crippen molar-refractivity contribution in [3.63, 3.8) is 0 Å². The molecule has 0 atom stereocenters. The fourth-order valence-corrected chi connectivity index (χ4v) is 1.78. The molecule has 2 aromatic rings. The van der Waals surface area contributed by atoms with Crippen molar-refractivity contribution in [2.75, 3.05) is 17.2 Å². The average molecular weight is 332 g/mol. The maximum Gasteiger partial charge on any atom is 0.416 e. The molecule has 0 radical (unpaired) electrons. The molecule has 22 heavy (non-hydrogen) atoms. The number of nitrogens with zero attached hydrogens (tertiary/aromatic N) is 3. The van der Waals surface area contributed by atoms with Crippen LogP contribution in [0.5, 0.6) is 0 Å². The van der Waals surface area contributed by atoms with Crippen molar-refractivity contribution in [2.45, 2.75) is 19.5 Å². The summed E-state index contributed by atoms with van der Waals surface area (Å²) in [4.78, 5) is 4.10. The standard InChI is InChI=1S/C13H13ClF3N5/c1-2-5-18-12-21-11(7-19-22-12)20-10-6-8(13(15,16)17)3-4-9(10)14/h3-4,6-7H,2,5H2,1H3,(H2,18,20,21,22). The molecule has 0 unspecified atom stereocenters. The maximum atomic E-state index is 12.7. The molecule has 2 rings (SSSR count). The van der Waals surface area contributed by atoms with Crippen molar-refractivity contribution >= 4 is 29.1 Å². The van der Waals surface area contributed by atoms with E-state index in [0.717, 1.165) is 18.6 Å². The van der Waals surface area contributed by atoms with Crippen LogP contribution in [0.15, 0.2) is 24.4 Å². The Balaban J connectivity index is 2.23. The Labute approximate surface area is 129 Å². The summed E-state index contributed by atoms with van der Waals surface area (Å²) in [6.45, 7) is 2.64. The summed E-state index contributed by atoms with van der Waals surface area (Å²) in [5.41, 5.74) is -0.704. The van der Waals surface area contributed by atoms with E-state index in [1.807, 2.05) is 6.92 Å². The van der Waals surface area contributed by atoms with Gasteiger partial charge in [0.2, 0.25) is 5.95 Å². The van der Waals surface area contributed by atoms with Crippen molar-refractivity contribution in [3.8, 4) is 0 Å². The second-order valence-corrected chi connectivity index (χ2v) is 4.82. The molecule has 0 saturated carbocycles. The largest absolute Gasteiger partial charge is 0.416 e. The third kappa shape index (κ3) is 4.20. The molecule has 0 amide bonds. The number of aromatic nitrogens is 3. The zero-order valence-electron chi connectivity index (χ0n) is 11.6. The van der Waals surface area contributed by atoms with E-state index in [1.54, 1.807) is 0 Å². The van der Waals surface area contributed by atoms with E-state index in [4.69, 9.17) is 11.6 Å². The number of hydrogen-bond acceptors (Lipinski definition) is 5. The Morgan fingerprint density at radius 2 is 2.05 bits per heavy atom. The third-order valence-electron chi connectivity index (χ3n) is 2.65. The van der Waals surface area contributed by atoms with Gasteiger partial charge in [0.05, 0.1) is 22.5 Å². The number of rotatable bonds is 5. The lowest BCUT2D eigenvalue weighted by Crippen LogP contribution is -2.08. The number of halogens is 4. The van der Waals surface area contributed by atoms with Crippen LogP contribution in [-0.2, 0) is 6.18 Å². The quantitative estimate of drug-likeness (QED) is 0.863. The highest BCUT2D eigenvalue weighted by Crippen LogP contribution is 2.34. The molecule has 9 heteroatoms. The van der Waals surface area contributed by atoms with Crippen LogP contribution in [0.3, 0.4) is 0 Å². The highest BCUT2D eigenvalue weighted by Gasteiger charge is 2.31. The molecule has 1 heterocycles. The van der Waals surface area contributed by atoms with Crippen molar-refractivity contribution in [2.24, 2.45) is 0 Å². The topological polar surface area (TPSA) is 62.7 Å². The molecule has 0 saturated heterocycles. The maximum absolute atomic E-state index is 12.7. The van der Waals surface area contributed by atoms with Crippen LogP contribution < -0.4 is 10.6 Å². The normalized spacial score (nSPS) is 11.3. The highest BCUT2D eigenvalue weighted by atomic mass is 35.5. The summed E-state index contributed by atoms with van der Waals surface area (Å²) < 4.78 is 38.2. The minimum absolute atomic E-state index is 0.0958. The zero-order valence-corrected chi connectivity index (χ0v) is 12.3. The van der Waals surface area contributed by atoms with Crippen LogP contribution in [0.1, 0.15) is 18.9 Å². The van der Waals surface area contributed by atoms with Gasteiger partial charge in [0.25, 0.3) is 0 Å². The molecule has 0 fully saturated rings. The predicted octanol–water partition coefficient (Wildman–Crippen LogP) is 4.11. The zero-order chi connectivity index (χ0) is 16.2. The van der Waals surface area contributed by atoms with Gasteiger partial charge in [0, 0.05) is 6.54 Å². The first-order valence-corrected chi connectivity index (χ1v) is 6.85. The van der Waals surface area contributed by atoms with Crippen molar-refractivity contribution in [1.82, 2.24) is 15.2 Å². The minimum Gasteiger partial charge on any atom is -0.353 e. The average Bonchev–Trinajstić information content (AvgIpc) is 2.46. The Kier molecular flexibility index (Phi) is 5.02. The van der Waals surface area contributed by atoms with Gasteiger partial charge in [-0.3, -0.25) is 0 Å². The molecule has 2 N–H and O–H groups in total. The summed E-state index contributed by atoms with van der Waals surface area (Å²) in [6.07, 6.45) is -2.27. The molecule has 0 aliphatic rings. The van der Waals surface area contributed by atoms with Gasteiger partial charge in [-0.15, -0.1) is 5.10 Å². The molecule has 5 nitrogen and oxygen atoms in total. The molecule has 1 aromatic heterocycles. The van der Waals surface area contributed by atoms with Crippen LogP contribution in [-0.4, -0.2) is 21.7 Å². The smallest absolute Gasteiger partial charge is 0.353 e. The van der Waals surface area contributed by atoms with Gasteiger partial charge < -0.3 is 10.6 Å². The Morgan fingerprint density at radius 1 is 1.27 bits per heavy atom. The Bertz CT molecular complexity index is 648. The monoisotopic (exact) mass is 331 g/mol. The second kappa shape index (κ2) is 6.78. The van der Waals surface area contributed by atoms with Gasteiger partial charge in [0.15, 0.2) is 5.82 Å². The first kappa shape index (κ1) is 16.3. The number of alkyl halides is 3. The number of nitrogens with one attached hydrogen (secondary N) is 2. The van der Waals surface area contributed by atoms with Crippen molar-refractivity contribution < 1.29 is 13.2 Å². The fraction of sp³-hybridized carbons (Fsp3) is 0.308. The lowest BCUT2D eigenvalue weighted by atomic mass is 10.2. The SMILES string of the molecule is CCCNc1nncc(Nc2cc(C(F)(F)F)ccc2Cl)n1. The van der Waals surface area contributed by atoms with Gasteiger partial charge in [-0.2, -0.15) is 23.3 Å². The van der Waals surface area contributed by atoms with Crippen LogP contribution in [0.25, 0.3) is 0 Å². The van der Waals surface area contributed by atoms with E-state index in [0.29, 0.717) is 6.54 Å². The molecule has 0 spiro atoms. The third-order valence-corrected chi connectivity index (χ3v) is 2.98. The van der Waals surface area contributed by atoms with Crippen LogP contribution in [0, 0.1) is 0 Å².